The van der Waals surface area contributed by atoms with E-state index in [4.69, 9.17) is 0 Å². The van der Waals surface area contributed by atoms with Crippen LogP contribution in [-0.2, 0) is 20.7 Å². The van der Waals surface area contributed by atoms with E-state index in [2.05, 4.69) is 4.74 Å². The molecule has 0 saturated heterocycles. The molecular formula is C11H11NO5. The van der Waals surface area contributed by atoms with Crippen LogP contribution in [0.3, 0.4) is 0 Å². The Kier molecular flexibility index (Phi) is 4.33. The van der Waals surface area contributed by atoms with Gasteiger partial charge in [-0.15, -0.1) is 0 Å². The average molecular weight is 237 g/mol. The van der Waals surface area contributed by atoms with Crippen LogP contribution in [0.15, 0.2) is 24.3 Å². The lowest BCUT2D eigenvalue weighted by molar-refractivity contribution is -0.384. The molecule has 0 aromatic heterocycles. The summed E-state index contributed by atoms with van der Waals surface area (Å²) in [5.41, 5.74) is 0.751. The van der Waals surface area contributed by atoms with Crippen LogP contribution in [-0.4, -0.2) is 23.8 Å². The van der Waals surface area contributed by atoms with Gasteiger partial charge in [-0.25, -0.2) is 4.79 Å². The molecule has 1 rings (SSSR count). The molecule has 0 unspecified atom stereocenters. The van der Waals surface area contributed by atoms with E-state index in [0.29, 0.717) is 6.42 Å². The zero-order valence-corrected chi connectivity index (χ0v) is 9.21. The van der Waals surface area contributed by atoms with Gasteiger partial charge >= 0.3 is 5.97 Å². The van der Waals surface area contributed by atoms with E-state index in [1.165, 1.54) is 12.1 Å². The lowest BCUT2D eigenvalue weighted by atomic mass is 10.1. The van der Waals surface area contributed by atoms with Crippen molar-refractivity contribution in [3.8, 4) is 0 Å². The summed E-state index contributed by atoms with van der Waals surface area (Å²) in [6.07, 6.45) is 0.385. The summed E-state index contributed by atoms with van der Waals surface area (Å²) in [5, 5.41) is 10.4. The Morgan fingerprint density at radius 2 is 1.88 bits per heavy atom. The van der Waals surface area contributed by atoms with Gasteiger partial charge in [-0.05, 0) is 12.0 Å². The number of nitrogens with zero attached hydrogens (tertiary/aromatic N) is 1. The number of hydrogen-bond acceptors (Lipinski definition) is 5. The number of esters is 1. The summed E-state index contributed by atoms with van der Waals surface area (Å²) in [6, 6.07) is 5.83. The Balaban J connectivity index is 2.56. The SMILES string of the molecule is COC(=O)C(=O)CCc1ccc([N+](=O)[O-])cc1. The largest absolute Gasteiger partial charge is 0.463 e. The topological polar surface area (TPSA) is 86.5 Å². The molecule has 6 heteroatoms. The highest BCUT2D eigenvalue weighted by Crippen LogP contribution is 2.13. The second kappa shape index (κ2) is 5.74. The standard InChI is InChI=1S/C11H11NO5/c1-17-11(14)10(13)7-4-8-2-5-9(6-3-8)12(15)16/h2-3,5-6H,4,7H2,1H3. The first kappa shape index (κ1) is 12.8. The molecule has 0 amide bonds. The van der Waals surface area contributed by atoms with Crippen molar-refractivity contribution in [3.63, 3.8) is 0 Å². The number of ether oxygens (including phenoxy) is 1. The summed E-state index contributed by atoms with van der Waals surface area (Å²) in [4.78, 5) is 31.9. The van der Waals surface area contributed by atoms with E-state index in [9.17, 15) is 19.7 Å². The molecule has 0 heterocycles. The molecule has 17 heavy (non-hydrogen) atoms. The predicted octanol–water partition coefficient (Wildman–Crippen LogP) is 1.27. The van der Waals surface area contributed by atoms with E-state index in [1.54, 1.807) is 12.1 Å². The van der Waals surface area contributed by atoms with Crippen molar-refractivity contribution in [2.45, 2.75) is 12.8 Å². The lowest BCUT2D eigenvalue weighted by Crippen LogP contribution is -2.15. The predicted molar refractivity (Wildman–Crippen MR) is 58.4 cm³/mol. The number of Topliss-reactive ketones (excluding diaryl/α,β-unsaturated/α-hetero) is 1. The molecule has 1 aromatic carbocycles. The Bertz CT molecular complexity index is 438. The number of non-ortho nitro benzene ring substituents is 1. The first-order valence-corrected chi connectivity index (χ1v) is 4.89. The lowest BCUT2D eigenvalue weighted by Gasteiger charge is -2.00. The molecule has 0 aliphatic carbocycles. The maximum absolute atomic E-state index is 11.1. The van der Waals surface area contributed by atoms with Gasteiger partial charge in [0.25, 0.3) is 5.69 Å². The van der Waals surface area contributed by atoms with Crippen molar-refractivity contribution < 1.29 is 19.2 Å². The molecule has 0 fully saturated rings. The normalized spacial score (nSPS) is 9.71. The molecule has 0 spiro atoms. The third-order valence-electron chi connectivity index (χ3n) is 2.20. The smallest absolute Gasteiger partial charge is 0.374 e. The number of benzene rings is 1. The van der Waals surface area contributed by atoms with Crippen LogP contribution in [0.1, 0.15) is 12.0 Å². The molecule has 0 radical (unpaired) electrons. The Hall–Kier alpha value is -2.24. The van der Waals surface area contributed by atoms with Gasteiger partial charge in [-0.1, -0.05) is 12.1 Å². The van der Waals surface area contributed by atoms with E-state index in [-0.39, 0.29) is 12.1 Å². The van der Waals surface area contributed by atoms with Gasteiger partial charge in [0.15, 0.2) is 0 Å². The minimum atomic E-state index is -0.869. The van der Waals surface area contributed by atoms with Gasteiger partial charge in [-0.2, -0.15) is 0 Å². The summed E-state index contributed by atoms with van der Waals surface area (Å²) >= 11 is 0. The minimum Gasteiger partial charge on any atom is -0.463 e. The number of ketones is 1. The van der Waals surface area contributed by atoms with Crippen molar-refractivity contribution >= 4 is 17.4 Å². The fourth-order valence-corrected chi connectivity index (χ4v) is 1.26. The molecule has 90 valence electrons. The van der Waals surface area contributed by atoms with Crippen LogP contribution < -0.4 is 0 Å². The number of methoxy groups -OCH3 is 1. The number of carbonyl (C=O) groups is 2. The van der Waals surface area contributed by atoms with Gasteiger partial charge in [0.05, 0.1) is 12.0 Å². The number of hydrogen-bond donors (Lipinski definition) is 0. The zero-order valence-electron chi connectivity index (χ0n) is 9.21. The van der Waals surface area contributed by atoms with Gasteiger partial charge in [-0.3, -0.25) is 14.9 Å². The highest BCUT2D eigenvalue weighted by Gasteiger charge is 2.13. The fourth-order valence-electron chi connectivity index (χ4n) is 1.26. The number of rotatable bonds is 5. The van der Waals surface area contributed by atoms with Crippen LogP contribution >= 0.6 is 0 Å². The van der Waals surface area contributed by atoms with Crippen LogP contribution in [0.25, 0.3) is 0 Å². The van der Waals surface area contributed by atoms with E-state index < -0.39 is 16.7 Å². The quantitative estimate of drug-likeness (QED) is 0.333. The van der Waals surface area contributed by atoms with E-state index in [0.717, 1.165) is 12.7 Å². The van der Waals surface area contributed by atoms with Crippen LogP contribution in [0.4, 0.5) is 5.69 Å². The summed E-state index contributed by atoms with van der Waals surface area (Å²) in [6.45, 7) is 0. The third kappa shape index (κ3) is 3.67. The van der Waals surface area contributed by atoms with Crippen LogP contribution in [0.5, 0.6) is 0 Å². The molecule has 0 bridgehead atoms. The fraction of sp³-hybridized carbons (Fsp3) is 0.273. The average Bonchev–Trinajstić information content (AvgIpc) is 2.35. The van der Waals surface area contributed by atoms with Gasteiger partial charge < -0.3 is 4.74 Å². The van der Waals surface area contributed by atoms with Gasteiger partial charge in [0.2, 0.25) is 5.78 Å². The summed E-state index contributed by atoms with van der Waals surface area (Å²) in [5.74, 6) is -1.47. The number of carbonyl (C=O) groups excluding carboxylic acids is 2. The molecule has 0 aliphatic heterocycles. The van der Waals surface area contributed by atoms with Gasteiger partial charge in [0.1, 0.15) is 0 Å². The second-order valence-electron chi connectivity index (χ2n) is 3.34. The Labute approximate surface area is 97.3 Å². The van der Waals surface area contributed by atoms with Crippen LogP contribution in [0, 0.1) is 10.1 Å². The molecule has 0 aliphatic rings. The van der Waals surface area contributed by atoms with Crippen molar-refractivity contribution in [1.82, 2.24) is 0 Å². The highest BCUT2D eigenvalue weighted by molar-refractivity contribution is 6.33. The number of aryl methyl sites for hydroxylation is 1. The Morgan fingerprint density at radius 3 is 2.35 bits per heavy atom. The summed E-state index contributed by atoms with van der Waals surface area (Å²) < 4.78 is 4.27. The molecule has 0 saturated carbocycles. The van der Waals surface area contributed by atoms with Crippen LogP contribution in [0.2, 0.25) is 0 Å². The summed E-state index contributed by atoms with van der Waals surface area (Å²) in [7, 11) is 1.14. The van der Waals surface area contributed by atoms with Gasteiger partial charge in [0, 0.05) is 18.6 Å². The minimum absolute atomic E-state index is 0.00644. The molecular weight excluding hydrogens is 226 g/mol. The third-order valence-corrected chi connectivity index (χ3v) is 2.20. The maximum Gasteiger partial charge on any atom is 0.374 e. The Morgan fingerprint density at radius 1 is 1.29 bits per heavy atom. The second-order valence-corrected chi connectivity index (χ2v) is 3.34. The van der Waals surface area contributed by atoms with E-state index in [1.807, 2.05) is 0 Å². The van der Waals surface area contributed by atoms with Crippen molar-refractivity contribution in [2.75, 3.05) is 7.11 Å². The number of nitro benzene ring substituents is 1. The van der Waals surface area contributed by atoms with Crippen molar-refractivity contribution in [3.05, 3.63) is 39.9 Å². The molecule has 0 atom stereocenters. The zero-order chi connectivity index (χ0) is 12.8. The first-order chi connectivity index (χ1) is 8.04. The monoisotopic (exact) mass is 237 g/mol. The maximum atomic E-state index is 11.1. The van der Waals surface area contributed by atoms with E-state index >= 15 is 0 Å². The van der Waals surface area contributed by atoms with Crippen molar-refractivity contribution in [1.29, 1.82) is 0 Å². The number of nitro groups is 1. The molecule has 0 N–H and O–H groups in total. The first-order valence-electron chi connectivity index (χ1n) is 4.89. The molecule has 6 nitrogen and oxygen atoms in total. The van der Waals surface area contributed by atoms with Crippen molar-refractivity contribution in [2.24, 2.45) is 0 Å². The molecule has 1 aromatic rings. The highest BCUT2D eigenvalue weighted by atomic mass is 16.6.